The van der Waals surface area contributed by atoms with Crippen molar-refractivity contribution in [1.82, 2.24) is 4.90 Å². The number of rotatable bonds is 1. The zero-order chi connectivity index (χ0) is 10.3. The van der Waals surface area contributed by atoms with Gasteiger partial charge in [-0.3, -0.25) is 8.74 Å². The van der Waals surface area contributed by atoms with Crippen molar-refractivity contribution in [2.75, 3.05) is 20.7 Å². The normalized spacial score (nSPS) is 15.2. The average molecular weight is 207 g/mol. The molecule has 0 radical (unpaired) electrons. The van der Waals surface area contributed by atoms with Crippen molar-refractivity contribution in [3.63, 3.8) is 0 Å². The lowest BCUT2D eigenvalue weighted by molar-refractivity contribution is 0.324. The summed E-state index contributed by atoms with van der Waals surface area (Å²) in [5.74, 6) is 0. The lowest BCUT2D eigenvalue weighted by Gasteiger charge is -2.11. The number of likely N-dealkylation sites (N-methyl/N-ethyl adjacent to an activating group) is 1. The fourth-order valence-corrected chi connectivity index (χ4v) is 0.563. The van der Waals surface area contributed by atoms with E-state index in [0.29, 0.717) is 0 Å². The number of hydrogen-bond donors (Lipinski definition) is 1. The first-order valence-electron chi connectivity index (χ1n) is 3.52. The second kappa shape index (κ2) is 5.74. The van der Waals surface area contributed by atoms with E-state index >= 15 is 0 Å². The molecule has 1 aliphatic rings. The van der Waals surface area contributed by atoms with E-state index in [1.807, 2.05) is 6.08 Å². The van der Waals surface area contributed by atoms with E-state index in [0.717, 1.165) is 13.7 Å². The highest BCUT2D eigenvalue weighted by Gasteiger charge is 1.94. The minimum Gasteiger partial charge on any atom is -0.377 e. The molecule has 0 saturated heterocycles. The van der Waals surface area contributed by atoms with E-state index in [4.69, 9.17) is 4.55 Å². The summed E-state index contributed by atoms with van der Waals surface area (Å²) < 4.78 is 29.7. The van der Waals surface area contributed by atoms with Crippen LogP contribution in [0.3, 0.4) is 0 Å². The third kappa shape index (κ3) is 9.06. The summed E-state index contributed by atoms with van der Waals surface area (Å²) in [5.41, 5.74) is 0. The minimum absolute atomic E-state index is 0.870. The van der Waals surface area contributed by atoms with Crippen molar-refractivity contribution in [3.8, 4) is 0 Å². The molecule has 0 aromatic heterocycles. The molecule has 0 spiro atoms. The topological polar surface area (TPSA) is 66.8 Å². The first-order chi connectivity index (χ1) is 5.95. The van der Waals surface area contributed by atoms with Gasteiger partial charge < -0.3 is 4.90 Å². The third-order valence-electron chi connectivity index (χ3n) is 1.19. The Morgan fingerprint density at radius 3 is 2.15 bits per heavy atom. The lowest BCUT2D eigenvalue weighted by Crippen LogP contribution is -2.11. The van der Waals surface area contributed by atoms with Gasteiger partial charge >= 0.3 is 10.4 Å². The van der Waals surface area contributed by atoms with Crippen molar-refractivity contribution in [3.05, 3.63) is 24.4 Å². The molecule has 1 aliphatic heterocycles. The minimum atomic E-state index is -4.16. The maximum Gasteiger partial charge on any atom is 0.397 e. The molecule has 5 nitrogen and oxygen atoms in total. The van der Waals surface area contributed by atoms with Gasteiger partial charge in [-0.2, -0.15) is 8.42 Å². The number of allylic oxidation sites excluding steroid dienone is 2. The molecule has 0 aliphatic carbocycles. The molecule has 1 N–H and O–H groups in total. The van der Waals surface area contributed by atoms with Gasteiger partial charge in [0.15, 0.2) is 0 Å². The Morgan fingerprint density at radius 2 is 2.00 bits per heavy atom. The monoisotopic (exact) mass is 207 g/mol. The molecule has 1 rings (SSSR count). The van der Waals surface area contributed by atoms with Gasteiger partial charge in [-0.25, -0.2) is 0 Å². The molecule has 1 heterocycles. The second-order valence-corrected chi connectivity index (χ2v) is 3.49. The van der Waals surface area contributed by atoms with Crippen molar-refractivity contribution < 1.29 is 17.2 Å². The summed E-state index contributed by atoms with van der Waals surface area (Å²) in [4.78, 5) is 2.12. The number of hydrogen-bond acceptors (Lipinski definition) is 4. The van der Waals surface area contributed by atoms with Gasteiger partial charge in [0.05, 0.1) is 7.11 Å². The van der Waals surface area contributed by atoms with Crippen LogP contribution in [0.4, 0.5) is 0 Å². The Labute approximate surface area is 78.3 Å². The lowest BCUT2D eigenvalue weighted by atomic mass is 10.4. The van der Waals surface area contributed by atoms with Gasteiger partial charge in [-0.15, -0.1) is 0 Å². The Balaban J connectivity index is 0.000000226. The van der Waals surface area contributed by atoms with E-state index in [1.165, 1.54) is 0 Å². The molecule has 0 aromatic carbocycles. The summed E-state index contributed by atoms with van der Waals surface area (Å²) >= 11 is 0. The predicted molar refractivity (Wildman–Crippen MR) is 49.5 cm³/mol. The molecule has 0 fully saturated rings. The first-order valence-corrected chi connectivity index (χ1v) is 4.89. The van der Waals surface area contributed by atoms with Gasteiger partial charge in [0, 0.05) is 13.6 Å². The molecule has 0 aromatic rings. The van der Waals surface area contributed by atoms with Crippen LogP contribution in [-0.4, -0.2) is 38.6 Å². The highest BCUT2D eigenvalue weighted by molar-refractivity contribution is 7.80. The standard InChI is InChI=1S/C6H9N.CH4O4S/c1-7-5-3-2-4-6-7;1-5-6(2,3)4/h2-5H,6H2,1H3;1H3,(H,2,3,4). The summed E-state index contributed by atoms with van der Waals surface area (Å²) in [7, 11) is -1.24. The van der Waals surface area contributed by atoms with Gasteiger partial charge in [0.25, 0.3) is 0 Å². The third-order valence-corrected chi connectivity index (χ3v) is 1.61. The smallest absolute Gasteiger partial charge is 0.377 e. The zero-order valence-electron chi connectivity index (χ0n) is 7.54. The maximum absolute atomic E-state index is 9.33. The van der Waals surface area contributed by atoms with Crippen LogP contribution in [0.2, 0.25) is 0 Å². The van der Waals surface area contributed by atoms with E-state index in [2.05, 4.69) is 34.5 Å². The molecular formula is C7H13NO4S. The maximum atomic E-state index is 9.33. The summed E-state index contributed by atoms with van der Waals surface area (Å²) in [6.07, 6.45) is 8.27. The van der Waals surface area contributed by atoms with E-state index in [-0.39, 0.29) is 0 Å². The van der Waals surface area contributed by atoms with Crippen LogP contribution >= 0.6 is 0 Å². The van der Waals surface area contributed by atoms with E-state index in [9.17, 15) is 8.42 Å². The number of nitrogens with zero attached hydrogens (tertiary/aromatic N) is 1. The van der Waals surface area contributed by atoms with E-state index in [1.54, 1.807) is 0 Å². The van der Waals surface area contributed by atoms with Crippen molar-refractivity contribution in [2.24, 2.45) is 0 Å². The van der Waals surface area contributed by atoms with Gasteiger partial charge in [0.2, 0.25) is 0 Å². The fraction of sp³-hybridized carbons (Fsp3) is 0.429. The SMILES string of the molecule is CN1C=CC=CC1.COS(=O)(=O)O. The molecule has 6 heteroatoms. The Morgan fingerprint density at radius 1 is 1.46 bits per heavy atom. The summed E-state index contributed by atoms with van der Waals surface area (Å²) in [5, 5.41) is 0. The molecule has 0 amide bonds. The van der Waals surface area contributed by atoms with Crippen LogP contribution in [-0.2, 0) is 14.6 Å². The average Bonchev–Trinajstić information content (AvgIpc) is 2.06. The molecule has 0 bridgehead atoms. The predicted octanol–water partition coefficient (Wildman–Crippen LogP) is 0.437. The Kier molecular flexibility index (Phi) is 5.36. The van der Waals surface area contributed by atoms with Crippen LogP contribution < -0.4 is 0 Å². The Hall–Kier alpha value is -0.850. The molecule has 0 atom stereocenters. The quantitative estimate of drug-likeness (QED) is 0.632. The Bertz CT molecular complexity index is 281. The largest absolute Gasteiger partial charge is 0.397 e. The molecule has 0 unspecified atom stereocenters. The second-order valence-electron chi connectivity index (χ2n) is 2.30. The van der Waals surface area contributed by atoms with Crippen LogP contribution in [0.5, 0.6) is 0 Å². The highest BCUT2D eigenvalue weighted by Crippen LogP contribution is 1.91. The van der Waals surface area contributed by atoms with Gasteiger partial charge in [-0.1, -0.05) is 12.2 Å². The summed E-state index contributed by atoms with van der Waals surface area (Å²) in [6.45, 7) is 1.05. The van der Waals surface area contributed by atoms with Crippen LogP contribution in [0.1, 0.15) is 0 Å². The van der Waals surface area contributed by atoms with Crippen molar-refractivity contribution in [1.29, 1.82) is 0 Å². The molecular weight excluding hydrogens is 194 g/mol. The summed E-state index contributed by atoms with van der Waals surface area (Å²) in [6, 6.07) is 0. The van der Waals surface area contributed by atoms with Crippen LogP contribution in [0.15, 0.2) is 24.4 Å². The fourth-order valence-electron chi connectivity index (χ4n) is 0.563. The van der Waals surface area contributed by atoms with E-state index < -0.39 is 10.4 Å². The van der Waals surface area contributed by atoms with Crippen LogP contribution in [0.25, 0.3) is 0 Å². The van der Waals surface area contributed by atoms with Crippen molar-refractivity contribution in [2.45, 2.75) is 0 Å². The highest BCUT2D eigenvalue weighted by atomic mass is 32.3. The van der Waals surface area contributed by atoms with Crippen LogP contribution in [0, 0.1) is 0 Å². The molecule has 0 saturated carbocycles. The van der Waals surface area contributed by atoms with Gasteiger partial charge in [0.1, 0.15) is 0 Å². The molecule has 13 heavy (non-hydrogen) atoms. The molecule has 76 valence electrons. The van der Waals surface area contributed by atoms with Crippen molar-refractivity contribution >= 4 is 10.4 Å². The zero-order valence-corrected chi connectivity index (χ0v) is 8.36. The van der Waals surface area contributed by atoms with Gasteiger partial charge in [-0.05, 0) is 12.3 Å². The first kappa shape index (κ1) is 12.2.